The van der Waals surface area contributed by atoms with Gasteiger partial charge in [0.2, 0.25) is 0 Å². The first-order valence-corrected chi connectivity index (χ1v) is 8.14. The average molecular weight is 291 g/mol. The smallest absolute Gasteiger partial charge is 0.182 e. The Balaban J connectivity index is 1.98. The molecule has 2 aromatic rings. The summed E-state index contributed by atoms with van der Waals surface area (Å²) in [5.41, 5.74) is 8.64. The van der Waals surface area contributed by atoms with Crippen LogP contribution in [0.25, 0.3) is 11.4 Å². The van der Waals surface area contributed by atoms with Crippen molar-refractivity contribution in [3.05, 3.63) is 23.8 Å². The molecule has 2 N–H and O–H groups in total. The third kappa shape index (κ3) is 2.33. The zero-order chi connectivity index (χ0) is 14.1. The van der Waals surface area contributed by atoms with E-state index in [1.165, 1.54) is 0 Å². The predicted molar refractivity (Wildman–Crippen MR) is 78.5 cm³/mol. The second-order valence-corrected chi connectivity index (χ2v) is 6.74. The Morgan fingerprint density at radius 3 is 2.85 bits per heavy atom. The summed E-state index contributed by atoms with van der Waals surface area (Å²) in [6.45, 7) is 1.97. The van der Waals surface area contributed by atoms with Crippen LogP contribution in [-0.2, 0) is 10.8 Å². The number of rotatable bonds is 2. The maximum absolute atomic E-state index is 11.5. The van der Waals surface area contributed by atoms with Gasteiger partial charge in [-0.3, -0.25) is 4.21 Å². The van der Waals surface area contributed by atoms with Crippen LogP contribution in [0.15, 0.2) is 18.2 Å². The van der Waals surface area contributed by atoms with E-state index in [1.54, 1.807) is 0 Å². The van der Waals surface area contributed by atoms with Crippen LogP contribution in [0.2, 0.25) is 0 Å². The van der Waals surface area contributed by atoms with Gasteiger partial charge >= 0.3 is 0 Å². The summed E-state index contributed by atoms with van der Waals surface area (Å²) in [6.07, 6.45) is 1.71. The van der Waals surface area contributed by atoms with Crippen molar-refractivity contribution in [2.75, 3.05) is 17.2 Å². The number of anilines is 1. The molecule has 1 aromatic heterocycles. The molecule has 0 bridgehead atoms. The van der Waals surface area contributed by atoms with Gasteiger partial charge in [0.15, 0.2) is 5.82 Å². The minimum atomic E-state index is -0.684. The molecular weight excluding hydrogens is 274 g/mol. The van der Waals surface area contributed by atoms with Crippen molar-refractivity contribution in [2.24, 2.45) is 0 Å². The normalized spacial score (nSPS) is 22.9. The highest BCUT2D eigenvalue weighted by Crippen LogP contribution is 2.29. The molecule has 7 heteroatoms. The Hall–Kier alpha value is -1.76. The quantitative estimate of drug-likeness (QED) is 0.843. The fourth-order valence-corrected chi connectivity index (χ4v) is 3.81. The molecule has 0 unspecified atom stereocenters. The molecule has 0 spiro atoms. The van der Waals surface area contributed by atoms with Crippen molar-refractivity contribution in [1.82, 2.24) is 20.2 Å². The zero-order valence-corrected chi connectivity index (χ0v) is 12.1. The summed E-state index contributed by atoms with van der Waals surface area (Å²) in [7, 11) is -0.684. The molecule has 106 valence electrons. The SMILES string of the molecule is Cc1c(N)cccc1-c1nnnn1C1CCS(=O)CC1. The van der Waals surface area contributed by atoms with Crippen LogP contribution in [-0.4, -0.2) is 35.9 Å². The van der Waals surface area contributed by atoms with Crippen LogP contribution in [0.1, 0.15) is 24.4 Å². The maximum Gasteiger partial charge on any atom is 0.182 e. The number of tetrazole rings is 1. The van der Waals surface area contributed by atoms with Gasteiger partial charge in [-0.25, -0.2) is 4.68 Å². The van der Waals surface area contributed by atoms with Gasteiger partial charge in [0.1, 0.15) is 0 Å². The standard InChI is InChI=1S/C13H17N5OS/c1-9-11(3-2-4-12(9)14)13-15-16-17-18(13)10-5-7-20(19)8-6-10/h2-4,10H,5-8,14H2,1H3. The van der Waals surface area contributed by atoms with E-state index in [-0.39, 0.29) is 6.04 Å². The molecule has 0 aliphatic carbocycles. The highest BCUT2D eigenvalue weighted by molar-refractivity contribution is 7.85. The van der Waals surface area contributed by atoms with E-state index in [1.807, 2.05) is 29.8 Å². The van der Waals surface area contributed by atoms with Gasteiger partial charge in [0.05, 0.1) is 6.04 Å². The lowest BCUT2D eigenvalue weighted by molar-refractivity contribution is 0.415. The van der Waals surface area contributed by atoms with Gasteiger partial charge in [-0.2, -0.15) is 0 Å². The average Bonchev–Trinajstić information content (AvgIpc) is 2.92. The molecule has 1 fully saturated rings. The van der Waals surface area contributed by atoms with Crippen molar-refractivity contribution in [3.63, 3.8) is 0 Å². The molecule has 1 aromatic carbocycles. The van der Waals surface area contributed by atoms with Crippen molar-refractivity contribution in [1.29, 1.82) is 0 Å². The molecule has 0 amide bonds. The van der Waals surface area contributed by atoms with Crippen LogP contribution < -0.4 is 5.73 Å². The molecule has 3 rings (SSSR count). The third-order valence-electron chi connectivity index (χ3n) is 3.81. The van der Waals surface area contributed by atoms with E-state index in [0.717, 1.165) is 47.0 Å². The summed E-state index contributed by atoms with van der Waals surface area (Å²) in [4.78, 5) is 0. The lowest BCUT2D eigenvalue weighted by Gasteiger charge is -2.22. The maximum atomic E-state index is 11.5. The van der Waals surface area contributed by atoms with Crippen molar-refractivity contribution in [2.45, 2.75) is 25.8 Å². The van der Waals surface area contributed by atoms with Crippen LogP contribution >= 0.6 is 0 Å². The second-order valence-electron chi connectivity index (χ2n) is 5.05. The molecule has 0 saturated carbocycles. The first-order chi connectivity index (χ1) is 9.66. The molecular formula is C13H17N5OS. The molecule has 1 aliphatic heterocycles. The first-order valence-electron chi connectivity index (χ1n) is 6.65. The zero-order valence-electron chi connectivity index (χ0n) is 11.3. The number of aromatic nitrogens is 4. The Labute approximate surface area is 119 Å². The Kier molecular flexibility index (Phi) is 3.52. The largest absolute Gasteiger partial charge is 0.398 e. The third-order valence-corrected chi connectivity index (χ3v) is 5.19. The fraction of sp³-hybridized carbons (Fsp3) is 0.462. The van der Waals surface area contributed by atoms with Gasteiger partial charge in [-0.05, 0) is 41.8 Å². The molecule has 0 atom stereocenters. The van der Waals surface area contributed by atoms with E-state index < -0.39 is 10.8 Å². The van der Waals surface area contributed by atoms with Gasteiger partial charge < -0.3 is 5.73 Å². The Morgan fingerprint density at radius 1 is 1.35 bits per heavy atom. The minimum Gasteiger partial charge on any atom is -0.398 e. The summed E-state index contributed by atoms with van der Waals surface area (Å²) in [5, 5.41) is 12.1. The number of benzene rings is 1. The molecule has 1 aliphatic rings. The van der Waals surface area contributed by atoms with Crippen molar-refractivity contribution >= 4 is 16.5 Å². The summed E-state index contributed by atoms with van der Waals surface area (Å²) < 4.78 is 13.3. The number of nitrogen functional groups attached to an aromatic ring is 1. The molecule has 1 saturated heterocycles. The Morgan fingerprint density at radius 2 is 2.10 bits per heavy atom. The van der Waals surface area contributed by atoms with Crippen LogP contribution in [0, 0.1) is 6.92 Å². The van der Waals surface area contributed by atoms with E-state index in [9.17, 15) is 4.21 Å². The topological polar surface area (TPSA) is 86.7 Å². The fourth-order valence-electron chi connectivity index (χ4n) is 2.54. The van der Waals surface area contributed by atoms with Gasteiger partial charge in [-0.15, -0.1) is 5.10 Å². The van der Waals surface area contributed by atoms with Gasteiger partial charge in [0, 0.05) is 33.6 Å². The summed E-state index contributed by atoms with van der Waals surface area (Å²) in [6, 6.07) is 5.98. The summed E-state index contributed by atoms with van der Waals surface area (Å²) in [5.74, 6) is 2.19. The highest BCUT2D eigenvalue weighted by atomic mass is 32.2. The van der Waals surface area contributed by atoms with Crippen molar-refractivity contribution in [3.8, 4) is 11.4 Å². The van der Waals surface area contributed by atoms with E-state index in [4.69, 9.17) is 5.73 Å². The minimum absolute atomic E-state index is 0.221. The molecule has 6 nitrogen and oxygen atoms in total. The first kappa shape index (κ1) is 13.2. The van der Waals surface area contributed by atoms with E-state index >= 15 is 0 Å². The van der Waals surface area contributed by atoms with Gasteiger partial charge in [0.25, 0.3) is 0 Å². The van der Waals surface area contributed by atoms with Crippen LogP contribution in [0.3, 0.4) is 0 Å². The van der Waals surface area contributed by atoms with Crippen LogP contribution in [0.5, 0.6) is 0 Å². The monoisotopic (exact) mass is 291 g/mol. The summed E-state index contributed by atoms with van der Waals surface area (Å²) >= 11 is 0. The predicted octanol–water partition coefficient (Wildman–Crippen LogP) is 1.31. The van der Waals surface area contributed by atoms with Gasteiger partial charge in [-0.1, -0.05) is 12.1 Å². The Bertz CT molecular complexity index is 644. The van der Waals surface area contributed by atoms with Crippen molar-refractivity contribution < 1.29 is 4.21 Å². The lowest BCUT2D eigenvalue weighted by atomic mass is 10.1. The van der Waals surface area contributed by atoms with E-state index in [2.05, 4.69) is 15.5 Å². The number of hydrogen-bond acceptors (Lipinski definition) is 5. The highest BCUT2D eigenvalue weighted by Gasteiger charge is 2.24. The lowest BCUT2D eigenvalue weighted by Crippen LogP contribution is -2.23. The number of nitrogens with zero attached hydrogens (tertiary/aromatic N) is 4. The number of nitrogens with two attached hydrogens (primary N) is 1. The second kappa shape index (κ2) is 5.32. The van der Waals surface area contributed by atoms with E-state index in [0.29, 0.717) is 0 Å². The molecule has 2 heterocycles. The molecule has 20 heavy (non-hydrogen) atoms. The number of hydrogen-bond donors (Lipinski definition) is 1. The molecule has 0 radical (unpaired) electrons. The van der Waals surface area contributed by atoms with Crippen LogP contribution in [0.4, 0.5) is 5.69 Å².